The van der Waals surface area contributed by atoms with Crippen LogP contribution in [0.3, 0.4) is 0 Å². The number of fused-ring (bicyclic) bond motifs is 3. The minimum Gasteiger partial charge on any atom is -0.414 e. The van der Waals surface area contributed by atoms with E-state index in [9.17, 15) is 21.6 Å². The minimum atomic E-state index is -5.91. The average molecular weight is 534 g/mol. The zero-order valence-corrected chi connectivity index (χ0v) is 22.5. The van der Waals surface area contributed by atoms with Crippen molar-refractivity contribution in [2.75, 3.05) is 6.61 Å². The van der Waals surface area contributed by atoms with Crippen LogP contribution in [0.2, 0.25) is 16.6 Å². The molecule has 0 bridgehead atoms. The summed E-state index contributed by atoms with van der Waals surface area (Å²) in [6.07, 6.45) is 1.19. The van der Waals surface area contributed by atoms with Crippen molar-refractivity contribution in [3.8, 4) is 6.01 Å². The largest absolute Gasteiger partial charge is 0.534 e. The number of halogens is 3. The lowest BCUT2D eigenvalue weighted by Crippen LogP contribution is -2.48. The van der Waals surface area contributed by atoms with Crippen molar-refractivity contribution in [2.45, 2.75) is 76.6 Å². The molecule has 2 heterocycles. The van der Waals surface area contributed by atoms with Crippen LogP contribution in [0.4, 0.5) is 13.2 Å². The fraction of sp³-hybridized carbons (Fsp3) is 0.619. The van der Waals surface area contributed by atoms with Crippen molar-refractivity contribution in [3.05, 3.63) is 18.3 Å². The number of hydrogen-bond donors (Lipinski definition) is 0. The molecule has 0 spiro atoms. The van der Waals surface area contributed by atoms with Gasteiger partial charge in [-0.3, -0.25) is 0 Å². The maximum Gasteiger partial charge on any atom is 0.534 e. The lowest BCUT2D eigenvalue weighted by Gasteiger charge is -2.42. The highest BCUT2D eigenvalue weighted by Gasteiger charge is 2.49. The van der Waals surface area contributed by atoms with Gasteiger partial charge in [-0.25, -0.2) is 9.67 Å². The quantitative estimate of drug-likeness (QED) is 0.206. The number of nitrogens with zero attached hydrogens (tertiary/aromatic N) is 5. The predicted octanol–water partition coefficient (Wildman–Crippen LogP) is 5.36. The summed E-state index contributed by atoms with van der Waals surface area (Å²) in [5, 5.41) is 8.84. The van der Waals surface area contributed by atoms with Crippen molar-refractivity contribution in [1.82, 2.24) is 25.0 Å². The first-order valence-corrected chi connectivity index (χ1v) is 14.8. The highest BCUT2D eigenvalue weighted by molar-refractivity contribution is 7.87. The zero-order valence-electron chi connectivity index (χ0n) is 20.7. The molecule has 2 aromatic heterocycles. The van der Waals surface area contributed by atoms with Gasteiger partial charge in [-0.15, -0.1) is 5.10 Å². The van der Waals surface area contributed by atoms with Gasteiger partial charge in [-0.1, -0.05) is 46.8 Å². The fourth-order valence-corrected chi connectivity index (χ4v) is 10.7. The van der Waals surface area contributed by atoms with Gasteiger partial charge in [0.25, 0.3) is 0 Å². The van der Waals surface area contributed by atoms with Crippen LogP contribution in [0.1, 0.15) is 54.5 Å². The second-order valence-electron chi connectivity index (χ2n) is 9.52. The van der Waals surface area contributed by atoms with E-state index in [0.717, 1.165) is 0 Å². The number of alkyl halides is 3. The second kappa shape index (κ2) is 9.62. The van der Waals surface area contributed by atoms with Crippen molar-refractivity contribution in [3.63, 3.8) is 0 Å². The van der Waals surface area contributed by atoms with Gasteiger partial charge in [0.2, 0.25) is 0 Å². The highest BCUT2D eigenvalue weighted by Crippen LogP contribution is 2.42. The maximum atomic E-state index is 12.8. The molecule has 0 N–H and O–H groups in total. The Bertz CT molecular complexity index is 1290. The Morgan fingerprint density at radius 1 is 1.03 bits per heavy atom. The molecule has 14 heteroatoms. The van der Waals surface area contributed by atoms with Crippen LogP contribution in [0.5, 0.6) is 6.01 Å². The van der Waals surface area contributed by atoms with Crippen LogP contribution in [-0.2, 0) is 14.5 Å². The molecule has 194 valence electrons. The molecular formula is C21H30F3N5O4SSi. The van der Waals surface area contributed by atoms with Gasteiger partial charge in [0.15, 0.2) is 8.32 Å². The third-order valence-electron chi connectivity index (χ3n) is 6.33. The number of rotatable bonds is 9. The monoisotopic (exact) mass is 533 g/mol. The van der Waals surface area contributed by atoms with E-state index < -0.39 is 30.0 Å². The molecule has 0 amide bonds. The predicted molar refractivity (Wildman–Crippen MR) is 128 cm³/mol. The molecular weight excluding hydrogens is 503 g/mol. The molecule has 0 aliphatic rings. The first-order chi connectivity index (χ1) is 16.1. The Morgan fingerprint density at radius 2 is 1.63 bits per heavy atom. The van der Waals surface area contributed by atoms with E-state index in [0.29, 0.717) is 39.7 Å². The van der Waals surface area contributed by atoms with E-state index in [1.54, 1.807) is 16.8 Å². The van der Waals surface area contributed by atoms with Crippen LogP contribution in [-0.4, -0.2) is 53.8 Å². The summed E-state index contributed by atoms with van der Waals surface area (Å²) in [7, 11) is -8.07. The number of hydrogen-bond acceptors (Lipinski definition) is 8. The standard InChI is InChI=1S/C21H30F3N5O4SSi/c1-12(2)35(13(3)4,14(5)6)32-11-15(7)29-19-17(27-28-29)9-8-16-10-25-20(26-18(16)19)33-34(30,31)21(22,23)24/h8-10,12-15H,11H2,1-7H3/t15-/m1/s1. The summed E-state index contributed by atoms with van der Waals surface area (Å²) < 4.78 is 73.5. The summed E-state index contributed by atoms with van der Waals surface area (Å²) >= 11 is 0. The molecule has 0 unspecified atom stereocenters. The summed E-state index contributed by atoms with van der Waals surface area (Å²) in [5.41, 5.74) is -3.44. The summed E-state index contributed by atoms with van der Waals surface area (Å²) in [4.78, 5) is 7.58. The molecule has 0 radical (unpaired) electrons. The Hall–Kier alpha value is -2.32. The summed E-state index contributed by atoms with van der Waals surface area (Å²) in [6.45, 7) is 15.4. The van der Waals surface area contributed by atoms with Crippen LogP contribution >= 0.6 is 0 Å². The van der Waals surface area contributed by atoms with Crippen molar-refractivity contribution in [1.29, 1.82) is 0 Å². The number of benzene rings is 1. The third kappa shape index (κ3) is 5.00. The average Bonchev–Trinajstić information content (AvgIpc) is 3.17. The Labute approximate surface area is 203 Å². The van der Waals surface area contributed by atoms with Gasteiger partial charge in [-0.2, -0.15) is 26.6 Å². The molecule has 1 atom stereocenters. The maximum absolute atomic E-state index is 12.8. The normalized spacial score (nSPS) is 14.5. The van der Waals surface area contributed by atoms with Crippen LogP contribution in [0.25, 0.3) is 21.9 Å². The van der Waals surface area contributed by atoms with E-state index in [4.69, 9.17) is 4.43 Å². The van der Waals surface area contributed by atoms with Crippen molar-refractivity contribution in [2.24, 2.45) is 0 Å². The topological polar surface area (TPSA) is 109 Å². The second-order valence-corrected chi connectivity index (χ2v) is 16.5. The lowest BCUT2D eigenvalue weighted by atomic mass is 10.2. The van der Waals surface area contributed by atoms with E-state index in [1.165, 1.54) is 6.20 Å². The molecule has 35 heavy (non-hydrogen) atoms. The van der Waals surface area contributed by atoms with E-state index in [1.807, 2.05) is 6.92 Å². The Morgan fingerprint density at radius 3 is 2.17 bits per heavy atom. The van der Waals surface area contributed by atoms with Gasteiger partial charge in [0.1, 0.15) is 16.6 Å². The van der Waals surface area contributed by atoms with Gasteiger partial charge < -0.3 is 8.61 Å². The number of aromatic nitrogens is 5. The molecule has 3 rings (SSSR count). The highest BCUT2D eigenvalue weighted by atomic mass is 32.2. The molecule has 0 aliphatic carbocycles. The molecule has 0 aliphatic heterocycles. The molecule has 0 saturated heterocycles. The summed E-state index contributed by atoms with van der Waals surface area (Å²) in [5.74, 6) is 0. The van der Waals surface area contributed by atoms with Gasteiger partial charge in [0, 0.05) is 11.6 Å². The molecule has 9 nitrogen and oxygen atoms in total. The van der Waals surface area contributed by atoms with E-state index >= 15 is 0 Å². The van der Waals surface area contributed by atoms with Crippen LogP contribution in [0, 0.1) is 0 Å². The third-order valence-corrected chi connectivity index (χ3v) is 13.3. The van der Waals surface area contributed by atoms with Crippen molar-refractivity contribution >= 4 is 40.4 Å². The molecule has 0 fully saturated rings. The molecule has 1 aromatic carbocycles. The first-order valence-electron chi connectivity index (χ1n) is 11.3. The van der Waals surface area contributed by atoms with Gasteiger partial charge in [-0.05, 0) is 35.7 Å². The lowest BCUT2D eigenvalue weighted by molar-refractivity contribution is -0.0502. The summed E-state index contributed by atoms with van der Waals surface area (Å²) in [6, 6.07) is 2.08. The van der Waals surface area contributed by atoms with E-state index in [2.05, 4.69) is 66.0 Å². The molecule has 0 saturated carbocycles. The van der Waals surface area contributed by atoms with Gasteiger partial charge >= 0.3 is 21.6 Å². The molecule has 3 aromatic rings. The van der Waals surface area contributed by atoms with Crippen LogP contribution < -0.4 is 4.18 Å². The minimum absolute atomic E-state index is 0.168. The Kier molecular flexibility index (Phi) is 7.49. The Balaban J connectivity index is 2.02. The first kappa shape index (κ1) is 27.3. The van der Waals surface area contributed by atoms with E-state index in [-0.39, 0.29) is 11.6 Å². The SMILES string of the molecule is CC(C)[Si](OC[C@@H](C)n1nnc2ccc3cnc(OS(=O)(=O)C(F)(F)F)nc3c21)(C(C)C)C(C)C. The fourth-order valence-electron chi connectivity index (χ4n) is 4.83. The smallest absolute Gasteiger partial charge is 0.414 e. The van der Waals surface area contributed by atoms with Crippen molar-refractivity contribution < 1.29 is 30.2 Å². The van der Waals surface area contributed by atoms with Gasteiger partial charge in [0.05, 0.1) is 12.6 Å². The van der Waals surface area contributed by atoms with Crippen LogP contribution in [0.15, 0.2) is 18.3 Å². The zero-order chi connectivity index (χ0) is 26.3.